The first-order valence-electron chi connectivity index (χ1n) is 9.25. The minimum absolute atomic E-state index is 0.106. The summed E-state index contributed by atoms with van der Waals surface area (Å²) in [5.41, 5.74) is 0.994. The van der Waals surface area contributed by atoms with Crippen molar-refractivity contribution >= 4 is 45.1 Å². The van der Waals surface area contributed by atoms with Crippen LogP contribution in [0.1, 0.15) is 25.7 Å². The molecule has 0 bridgehead atoms. The molecule has 4 rings (SSSR count). The number of piperidine rings is 1. The molecule has 0 unspecified atom stereocenters. The number of carbonyl (C=O) groups excluding carboxylic acids is 2. The number of rotatable bonds is 4. The zero-order valence-electron chi connectivity index (χ0n) is 14.7. The number of carbonyl (C=O) groups is 2. The van der Waals surface area contributed by atoms with Crippen molar-refractivity contribution in [1.29, 1.82) is 0 Å². The Labute approximate surface area is 161 Å². The fourth-order valence-electron chi connectivity index (χ4n) is 3.70. The molecule has 5 nitrogen and oxygen atoms in total. The average molecular weight is 390 g/mol. The SMILES string of the molecule is O=C(CSc1nc2ccccc2s1)N1CCC(C(=O)N2CCCC2)CC1. The number of amides is 2. The maximum atomic E-state index is 12.5. The van der Waals surface area contributed by atoms with Crippen molar-refractivity contribution in [2.45, 2.75) is 30.0 Å². The van der Waals surface area contributed by atoms with Gasteiger partial charge in [-0.3, -0.25) is 9.59 Å². The van der Waals surface area contributed by atoms with E-state index in [-0.39, 0.29) is 11.8 Å². The van der Waals surface area contributed by atoms with Gasteiger partial charge in [0.25, 0.3) is 0 Å². The van der Waals surface area contributed by atoms with E-state index in [9.17, 15) is 9.59 Å². The third-order valence-corrected chi connectivity index (χ3v) is 7.37. The molecule has 2 saturated heterocycles. The smallest absolute Gasteiger partial charge is 0.233 e. The van der Waals surface area contributed by atoms with E-state index in [1.165, 1.54) is 11.8 Å². The van der Waals surface area contributed by atoms with E-state index in [1.807, 2.05) is 28.0 Å². The molecule has 2 aliphatic heterocycles. The van der Waals surface area contributed by atoms with Gasteiger partial charge in [-0.15, -0.1) is 11.3 Å². The van der Waals surface area contributed by atoms with Gasteiger partial charge in [0, 0.05) is 32.1 Å². The summed E-state index contributed by atoms with van der Waals surface area (Å²) in [6.07, 6.45) is 3.86. The van der Waals surface area contributed by atoms with Gasteiger partial charge in [0.05, 0.1) is 16.0 Å². The molecule has 3 heterocycles. The number of thioether (sulfide) groups is 1. The lowest BCUT2D eigenvalue weighted by atomic mass is 9.95. The molecule has 0 atom stereocenters. The number of nitrogens with zero attached hydrogens (tertiary/aromatic N) is 3. The van der Waals surface area contributed by atoms with Crippen LogP contribution in [-0.2, 0) is 9.59 Å². The lowest BCUT2D eigenvalue weighted by Gasteiger charge is -2.33. The second kappa shape index (κ2) is 7.96. The van der Waals surface area contributed by atoms with Gasteiger partial charge < -0.3 is 9.80 Å². The van der Waals surface area contributed by atoms with Crippen LogP contribution < -0.4 is 0 Å². The predicted octanol–water partition coefficient (Wildman–Crippen LogP) is 3.25. The fraction of sp³-hybridized carbons (Fsp3) is 0.526. The Morgan fingerprint density at radius 2 is 1.81 bits per heavy atom. The molecule has 1 aromatic heterocycles. The minimum atomic E-state index is 0.106. The molecule has 26 heavy (non-hydrogen) atoms. The van der Waals surface area contributed by atoms with Crippen LogP contribution in [0.5, 0.6) is 0 Å². The molecule has 0 spiro atoms. The zero-order valence-corrected chi connectivity index (χ0v) is 16.4. The number of para-hydroxylation sites is 1. The topological polar surface area (TPSA) is 53.5 Å². The number of benzene rings is 1. The lowest BCUT2D eigenvalue weighted by Crippen LogP contribution is -2.44. The molecule has 7 heteroatoms. The molecule has 0 N–H and O–H groups in total. The van der Waals surface area contributed by atoms with Gasteiger partial charge in [-0.05, 0) is 37.8 Å². The van der Waals surface area contributed by atoms with Crippen molar-refractivity contribution in [3.8, 4) is 0 Å². The summed E-state index contributed by atoms with van der Waals surface area (Å²) in [4.78, 5) is 33.5. The second-order valence-electron chi connectivity index (χ2n) is 6.92. The highest BCUT2D eigenvalue weighted by atomic mass is 32.2. The van der Waals surface area contributed by atoms with Crippen molar-refractivity contribution in [3.05, 3.63) is 24.3 Å². The summed E-state index contributed by atoms with van der Waals surface area (Å²) in [7, 11) is 0. The number of hydrogen-bond acceptors (Lipinski definition) is 5. The molecule has 2 fully saturated rings. The molecule has 2 aliphatic rings. The van der Waals surface area contributed by atoms with E-state index in [1.54, 1.807) is 11.3 Å². The molecule has 2 aromatic rings. The summed E-state index contributed by atoms with van der Waals surface area (Å²) in [6, 6.07) is 8.05. The highest BCUT2D eigenvalue weighted by Crippen LogP contribution is 2.30. The first-order valence-corrected chi connectivity index (χ1v) is 11.1. The van der Waals surface area contributed by atoms with Crippen molar-refractivity contribution < 1.29 is 9.59 Å². The summed E-state index contributed by atoms with van der Waals surface area (Å²) in [5.74, 6) is 0.985. The number of likely N-dealkylation sites (tertiary alicyclic amines) is 2. The van der Waals surface area contributed by atoms with E-state index in [0.29, 0.717) is 24.7 Å². The number of thiazole rings is 1. The van der Waals surface area contributed by atoms with Crippen molar-refractivity contribution in [2.24, 2.45) is 5.92 Å². The maximum Gasteiger partial charge on any atom is 0.233 e. The molecular weight excluding hydrogens is 366 g/mol. The fourth-order valence-corrected chi connectivity index (χ4v) is 5.67. The Balaban J connectivity index is 1.26. The highest BCUT2D eigenvalue weighted by Gasteiger charge is 2.31. The molecule has 1 aromatic carbocycles. The van der Waals surface area contributed by atoms with Gasteiger partial charge in [0.15, 0.2) is 4.34 Å². The van der Waals surface area contributed by atoms with E-state index in [4.69, 9.17) is 0 Å². The van der Waals surface area contributed by atoms with E-state index in [2.05, 4.69) is 11.1 Å². The number of aromatic nitrogens is 1. The monoisotopic (exact) mass is 389 g/mol. The minimum Gasteiger partial charge on any atom is -0.342 e. The normalized spacial score (nSPS) is 18.6. The van der Waals surface area contributed by atoms with Gasteiger partial charge in [-0.2, -0.15) is 0 Å². The first-order chi connectivity index (χ1) is 12.7. The molecular formula is C19H23N3O2S2. The third-order valence-electron chi connectivity index (χ3n) is 5.21. The Morgan fingerprint density at radius 3 is 2.54 bits per heavy atom. The molecule has 138 valence electrons. The number of hydrogen-bond donors (Lipinski definition) is 0. The summed E-state index contributed by atoms with van der Waals surface area (Å²) in [6.45, 7) is 3.22. The average Bonchev–Trinajstić information content (AvgIpc) is 3.35. The third kappa shape index (κ3) is 3.88. The van der Waals surface area contributed by atoms with Crippen molar-refractivity contribution in [1.82, 2.24) is 14.8 Å². The quantitative estimate of drug-likeness (QED) is 0.753. The van der Waals surface area contributed by atoms with Crippen LogP contribution in [0.25, 0.3) is 10.2 Å². The summed E-state index contributed by atoms with van der Waals surface area (Å²) < 4.78 is 2.10. The van der Waals surface area contributed by atoms with Crippen LogP contribution in [0.2, 0.25) is 0 Å². The van der Waals surface area contributed by atoms with Crippen molar-refractivity contribution in [2.75, 3.05) is 31.9 Å². The van der Waals surface area contributed by atoms with Crippen LogP contribution >= 0.6 is 23.1 Å². The van der Waals surface area contributed by atoms with Crippen LogP contribution in [0.4, 0.5) is 0 Å². The van der Waals surface area contributed by atoms with Crippen molar-refractivity contribution in [3.63, 3.8) is 0 Å². The largest absolute Gasteiger partial charge is 0.342 e. The second-order valence-corrected chi connectivity index (χ2v) is 9.18. The Morgan fingerprint density at radius 1 is 1.08 bits per heavy atom. The van der Waals surface area contributed by atoms with E-state index >= 15 is 0 Å². The Kier molecular flexibility index (Phi) is 5.45. The van der Waals surface area contributed by atoms with Crippen LogP contribution in [0.3, 0.4) is 0 Å². The van der Waals surface area contributed by atoms with Crippen LogP contribution in [-0.4, -0.2) is 58.5 Å². The Bertz CT molecular complexity index is 760. The van der Waals surface area contributed by atoms with E-state index in [0.717, 1.165) is 53.3 Å². The standard InChI is InChI=1S/C19H23N3O2S2/c23-17(13-25-19-20-15-5-1-2-6-16(15)26-19)21-11-7-14(8-12-21)18(24)22-9-3-4-10-22/h1-2,5-6,14H,3-4,7-13H2. The summed E-state index contributed by atoms with van der Waals surface area (Å²) >= 11 is 3.15. The van der Waals surface area contributed by atoms with Crippen LogP contribution in [0.15, 0.2) is 28.6 Å². The zero-order chi connectivity index (χ0) is 17.9. The summed E-state index contributed by atoms with van der Waals surface area (Å²) in [5, 5.41) is 0. The van der Waals surface area contributed by atoms with Gasteiger partial charge in [0.2, 0.25) is 11.8 Å². The lowest BCUT2D eigenvalue weighted by molar-refractivity contribution is -0.139. The molecule has 0 radical (unpaired) electrons. The Hall–Kier alpha value is -1.60. The molecule has 0 aliphatic carbocycles. The van der Waals surface area contributed by atoms with Gasteiger partial charge in [0.1, 0.15) is 0 Å². The molecule has 2 amide bonds. The number of fused-ring (bicyclic) bond motifs is 1. The van der Waals surface area contributed by atoms with Gasteiger partial charge in [-0.1, -0.05) is 23.9 Å². The molecule has 0 saturated carbocycles. The maximum absolute atomic E-state index is 12.5. The predicted molar refractivity (Wildman–Crippen MR) is 105 cm³/mol. The highest BCUT2D eigenvalue weighted by molar-refractivity contribution is 8.01. The van der Waals surface area contributed by atoms with E-state index < -0.39 is 0 Å². The van der Waals surface area contributed by atoms with Crippen LogP contribution in [0, 0.1) is 5.92 Å². The van der Waals surface area contributed by atoms with Gasteiger partial charge in [-0.25, -0.2) is 4.98 Å². The van der Waals surface area contributed by atoms with Gasteiger partial charge >= 0.3 is 0 Å². The first kappa shape index (κ1) is 17.8.